The quantitative estimate of drug-likeness (QED) is 0.870. The number of ether oxygens (including phenoxy) is 1. The maximum Gasteiger partial charge on any atom is 0.238 e. The van der Waals surface area contributed by atoms with Crippen LogP contribution < -0.4 is 5.32 Å². The molecule has 1 amide bonds. The van der Waals surface area contributed by atoms with Gasteiger partial charge in [0.1, 0.15) is 0 Å². The van der Waals surface area contributed by atoms with Crippen LogP contribution in [0, 0.1) is 0 Å². The topological polar surface area (TPSA) is 41.6 Å². The molecule has 2 aliphatic heterocycles. The summed E-state index contributed by atoms with van der Waals surface area (Å²) < 4.78 is 55.2. The third-order valence-electron chi connectivity index (χ3n) is 3.95. The molecule has 0 aliphatic carbocycles. The second-order valence-corrected chi connectivity index (χ2v) is 5.81. The summed E-state index contributed by atoms with van der Waals surface area (Å²) >= 11 is 6.20. The molecule has 4 nitrogen and oxygen atoms in total. The summed E-state index contributed by atoms with van der Waals surface area (Å²) in [5.41, 5.74) is -0.928. The molecule has 1 N–H and O–H groups in total. The fourth-order valence-electron chi connectivity index (χ4n) is 3.05. The first-order valence-corrected chi connectivity index (χ1v) is 7.45. The maximum atomic E-state index is 12.6. The zero-order valence-electron chi connectivity index (χ0n) is 18.0. The highest BCUT2D eigenvalue weighted by atomic mass is 35.5. The van der Waals surface area contributed by atoms with Crippen molar-refractivity contribution in [1.29, 1.82) is 0 Å². The molecule has 1 fully saturated rings. The van der Waals surface area contributed by atoms with Crippen molar-refractivity contribution in [2.24, 2.45) is 0 Å². The number of carbonyl (C=O) groups is 1. The Morgan fingerprint density at radius 2 is 2.26 bits per heavy atom. The molecule has 0 bridgehead atoms. The minimum Gasteiger partial charge on any atom is -0.347 e. The van der Waals surface area contributed by atoms with E-state index in [9.17, 15) is 4.79 Å². The number of benzene rings is 2. The first kappa shape index (κ1) is 9.42. The van der Waals surface area contributed by atoms with Gasteiger partial charge in [0.15, 0.2) is 5.72 Å². The van der Waals surface area contributed by atoms with Gasteiger partial charge in [0.05, 0.1) is 14.0 Å². The standard InChI is InChI=1S/C18H17ClN2O2/c1-12-10-21-11-17(22)20-16-8-7-14(19)9-15(16)18(21,23-12)13-5-3-2-4-6-13/h2-9,12H,10-11H2,1H3,(H,20,22)/i1D3,10D2,12D. The number of anilines is 1. The molecular weight excluding hydrogens is 312 g/mol. The summed E-state index contributed by atoms with van der Waals surface area (Å²) in [5.74, 6) is -0.561. The van der Waals surface area contributed by atoms with E-state index < -0.39 is 37.6 Å². The molecule has 0 radical (unpaired) electrons. The van der Waals surface area contributed by atoms with Crippen LogP contribution in [0.1, 0.15) is 26.2 Å². The lowest BCUT2D eigenvalue weighted by molar-refractivity contribution is -0.121. The number of amides is 1. The SMILES string of the molecule is [2H]C([2H])([2H])C1([2H])OC2(c3ccccc3)c3cc(Cl)ccc3NC(=O)CN2C1([2H])[2H]. The van der Waals surface area contributed by atoms with Gasteiger partial charge in [-0.05, 0) is 25.1 Å². The molecule has 1 saturated heterocycles. The number of rotatable bonds is 1. The predicted octanol–water partition coefficient (Wildman–Crippen LogP) is 3.21. The summed E-state index contributed by atoms with van der Waals surface area (Å²) in [6, 6.07) is 13.0. The van der Waals surface area contributed by atoms with Crippen molar-refractivity contribution in [3.8, 4) is 0 Å². The van der Waals surface area contributed by atoms with Crippen molar-refractivity contribution < 1.29 is 17.8 Å². The number of nitrogens with one attached hydrogen (secondary N) is 1. The summed E-state index contributed by atoms with van der Waals surface area (Å²) in [6.07, 6.45) is -2.97. The lowest BCUT2D eigenvalue weighted by Gasteiger charge is -2.36. The van der Waals surface area contributed by atoms with Crippen LogP contribution in [0.3, 0.4) is 0 Å². The average Bonchev–Trinajstić information content (AvgIpc) is 2.75. The van der Waals surface area contributed by atoms with Gasteiger partial charge in [-0.2, -0.15) is 0 Å². The van der Waals surface area contributed by atoms with Gasteiger partial charge in [0.2, 0.25) is 5.91 Å². The summed E-state index contributed by atoms with van der Waals surface area (Å²) in [4.78, 5) is 13.6. The van der Waals surface area contributed by atoms with Crippen molar-refractivity contribution in [1.82, 2.24) is 4.90 Å². The Bertz CT molecular complexity index is 986. The Kier molecular flexibility index (Phi) is 2.19. The number of carbonyl (C=O) groups excluding carboxylic acids is 1. The Morgan fingerprint density at radius 3 is 3.04 bits per heavy atom. The Hall–Kier alpha value is -1.88. The van der Waals surface area contributed by atoms with Crippen molar-refractivity contribution in [2.75, 3.05) is 18.4 Å². The maximum absolute atomic E-state index is 12.6. The Balaban J connectivity index is 2.12. The number of hydrogen-bond donors (Lipinski definition) is 1. The van der Waals surface area contributed by atoms with Crippen molar-refractivity contribution in [3.05, 3.63) is 64.7 Å². The Morgan fingerprint density at radius 1 is 1.43 bits per heavy atom. The molecule has 2 aromatic carbocycles. The van der Waals surface area contributed by atoms with Gasteiger partial charge in [-0.25, -0.2) is 0 Å². The third-order valence-corrected chi connectivity index (χ3v) is 4.19. The second kappa shape index (κ2) is 5.34. The van der Waals surface area contributed by atoms with Crippen LogP contribution in [0.5, 0.6) is 0 Å². The third kappa shape index (κ3) is 2.26. The van der Waals surface area contributed by atoms with Gasteiger partial charge >= 0.3 is 0 Å². The fraction of sp³-hybridized carbons (Fsp3) is 0.278. The molecule has 2 atom stereocenters. The van der Waals surface area contributed by atoms with Crippen LogP contribution in [0.25, 0.3) is 0 Å². The molecule has 0 aromatic heterocycles. The molecule has 2 unspecified atom stereocenters. The summed E-state index contributed by atoms with van der Waals surface area (Å²) in [6.45, 7) is -6.50. The van der Waals surface area contributed by atoms with Gasteiger partial charge < -0.3 is 10.1 Å². The van der Waals surface area contributed by atoms with E-state index in [1.807, 2.05) is 0 Å². The average molecular weight is 335 g/mol. The van der Waals surface area contributed by atoms with Crippen molar-refractivity contribution >= 4 is 23.2 Å². The summed E-state index contributed by atoms with van der Waals surface area (Å²) in [7, 11) is 0. The van der Waals surface area contributed by atoms with E-state index in [4.69, 9.17) is 24.6 Å². The zero-order chi connectivity index (χ0) is 21.2. The van der Waals surface area contributed by atoms with Crippen LogP contribution in [-0.4, -0.2) is 29.9 Å². The molecule has 2 aliphatic rings. The predicted molar refractivity (Wildman–Crippen MR) is 89.4 cm³/mol. The van der Waals surface area contributed by atoms with E-state index in [1.54, 1.807) is 42.5 Å². The van der Waals surface area contributed by atoms with E-state index in [-0.39, 0.29) is 10.6 Å². The molecule has 0 spiro atoms. The molecule has 23 heavy (non-hydrogen) atoms. The largest absolute Gasteiger partial charge is 0.347 e. The van der Waals surface area contributed by atoms with Gasteiger partial charge in [-0.3, -0.25) is 9.69 Å². The van der Waals surface area contributed by atoms with Crippen molar-refractivity contribution in [2.45, 2.75) is 18.7 Å². The number of nitrogens with zero attached hydrogens (tertiary/aromatic N) is 1. The highest BCUT2D eigenvalue weighted by molar-refractivity contribution is 6.30. The highest BCUT2D eigenvalue weighted by Gasteiger charge is 2.51. The van der Waals surface area contributed by atoms with E-state index in [0.717, 1.165) is 4.90 Å². The lowest BCUT2D eigenvalue weighted by atomic mass is 9.92. The number of halogens is 1. The van der Waals surface area contributed by atoms with E-state index in [1.165, 1.54) is 6.07 Å². The van der Waals surface area contributed by atoms with Crippen LogP contribution in [-0.2, 0) is 15.3 Å². The highest BCUT2D eigenvalue weighted by Crippen LogP contribution is 2.47. The molecule has 0 saturated carbocycles. The zero-order valence-corrected chi connectivity index (χ0v) is 12.7. The lowest BCUT2D eigenvalue weighted by Crippen LogP contribution is -2.44. The molecule has 118 valence electrons. The van der Waals surface area contributed by atoms with E-state index in [0.29, 0.717) is 11.3 Å². The number of fused-ring (bicyclic) bond motifs is 3. The van der Waals surface area contributed by atoms with E-state index in [2.05, 4.69) is 5.32 Å². The number of hydrogen-bond acceptors (Lipinski definition) is 3. The molecule has 4 rings (SSSR count). The van der Waals surface area contributed by atoms with Gasteiger partial charge in [-0.15, -0.1) is 0 Å². The summed E-state index contributed by atoms with van der Waals surface area (Å²) in [5, 5.41) is 2.98. The van der Waals surface area contributed by atoms with Crippen molar-refractivity contribution in [3.63, 3.8) is 0 Å². The van der Waals surface area contributed by atoms with Crippen LogP contribution in [0.4, 0.5) is 5.69 Å². The van der Waals surface area contributed by atoms with Crippen LogP contribution in [0.15, 0.2) is 48.5 Å². The smallest absolute Gasteiger partial charge is 0.238 e. The van der Waals surface area contributed by atoms with Gasteiger partial charge in [0.25, 0.3) is 0 Å². The second-order valence-electron chi connectivity index (χ2n) is 5.38. The van der Waals surface area contributed by atoms with E-state index >= 15 is 0 Å². The minimum absolute atomic E-state index is 0.254. The Labute approximate surface area is 148 Å². The monoisotopic (exact) mass is 334 g/mol. The molecule has 2 aromatic rings. The normalized spacial score (nSPS) is 36.8. The van der Waals surface area contributed by atoms with Gasteiger partial charge in [-0.1, -0.05) is 41.9 Å². The van der Waals surface area contributed by atoms with Crippen LogP contribution >= 0.6 is 11.6 Å². The molecule has 2 heterocycles. The minimum atomic E-state index is -3.14. The first-order valence-electron chi connectivity index (χ1n) is 10.1. The first-order chi connectivity index (χ1) is 13.4. The van der Waals surface area contributed by atoms with Gasteiger partial charge in [0, 0.05) is 35.2 Å². The fourth-order valence-corrected chi connectivity index (χ4v) is 3.22. The molecular formula is C18H17ClN2O2. The van der Waals surface area contributed by atoms with Crippen LogP contribution in [0.2, 0.25) is 5.02 Å². The molecule has 5 heteroatoms.